The minimum Gasteiger partial charge on any atom is -0.384 e. The maximum atomic E-state index is 12.6. The number of nitrogens with two attached hydrogens (primary N) is 1. The molecular weight excluding hydrogens is 290 g/mol. The number of piperazine rings is 1. The highest BCUT2D eigenvalue weighted by Gasteiger charge is 2.28. The summed E-state index contributed by atoms with van der Waals surface area (Å²) in [6.45, 7) is 4.36. The van der Waals surface area contributed by atoms with Crippen LogP contribution in [0.25, 0.3) is 0 Å². The molecule has 2 N–H and O–H groups in total. The van der Waals surface area contributed by atoms with E-state index in [2.05, 4.69) is 29.2 Å². The Morgan fingerprint density at radius 1 is 1.30 bits per heavy atom. The quantitative estimate of drug-likeness (QED) is 0.927. The average Bonchev–Trinajstić information content (AvgIpc) is 2.86. The third kappa shape index (κ3) is 3.37. The van der Waals surface area contributed by atoms with Crippen LogP contribution in [-0.2, 0) is 11.3 Å². The van der Waals surface area contributed by atoms with E-state index in [0.717, 1.165) is 18.8 Å². The van der Waals surface area contributed by atoms with Crippen molar-refractivity contribution in [2.75, 3.05) is 32.4 Å². The summed E-state index contributed by atoms with van der Waals surface area (Å²) in [6.07, 6.45) is 0. The molecule has 0 spiro atoms. The van der Waals surface area contributed by atoms with Crippen molar-refractivity contribution in [1.29, 1.82) is 0 Å². The number of amides is 1. The zero-order valence-corrected chi connectivity index (χ0v) is 13.6. The summed E-state index contributed by atoms with van der Waals surface area (Å²) in [4.78, 5) is 16.8. The smallest absolute Gasteiger partial charge is 0.244 e. The van der Waals surface area contributed by atoms with Crippen molar-refractivity contribution in [3.63, 3.8) is 0 Å². The summed E-state index contributed by atoms with van der Waals surface area (Å²) in [6, 6.07) is 12.3. The highest BCUT2D eigenvalue weighted by molar-refractivity contribution is 5.76. The first-order chi connectivity index (χ1) is 11.0. The normalized spacial score (nSPS) is 19.0. The van der Waals surface area contributed by atoms with Gasteiger partial charge >= 0.3 is 0 Å². The van der Waals surface area contributed by atoms with Crippen LogP contribution in [0.2, 0.25) is 0 Å². The number of hydrogen-bond donors (Lipinski definition) is 1. The van der Waals surface area contributed by atoms with Crippen molar-refractivity contribution in [2.24, 2.45) is 0 Å². The molecule has 6 heteroatoms. The molecular formula is C17H23N5O. The van der Waals surface area contributed by atoms with Crippen LogP contribution in [0.3, 0.4) is 0 Å². The van der Waals surface area contributed by atoms with Gasteiger partial charge in [-0.25, -0.2) is 4.68 Å². The standard InChI is InChI=1S/C17H23N5O/c1-13-10-16(18)22(19-13)12-17(23)21-9-8-20(2)15(11-21)14-6-4-3-5-7-14/h3-7,10,15H,8-9,11-12,18H2,1-2H3. The Kier molecular flexibility index (Phi) is 4.34. The molecule has 1 atom stereocenters. The van der Waals surface area contributed by atoms with E-state index in [1.54, 1.807) is 10.7 Å². The largest absolute Gasteiger partial charge is 0.384 e. The van der Waals surface area contributed by atoms with Gasteiger partial charge in [0.2, 0.25) is 5.91 Å². The fourth-order valence-electron chi connectivity index (χ4n) is 3.06. The number of aryl methyl sites for hydroxylation is 1. The van der Waals surface area contributed by atoms with E-state index >= 15 is 0 Å². The first-order valence-electron chi connectivity index (χ1n) is 7.87. The van der Waals surface area contributed by atoms with Crippen LogP contribution in [0.4, 0.5) is 5.82 Å². The van der Waals surface area contributed by atoms with Gasteiger partial charge in [0.25, 0.3) is 0 Å². The van der Waals surface area contributed by atoms with Crippen molar-refractivity contribution in [3.05, 3.63) is 47.7 Å². The lowest BCUT2D eigenvalue weighted by molar-refractivity contribution is -0.134. The third-order valence-corrected chi connectivity index (χ3v) is 4.40. The number of nitrogens with zero attached hydrogens (tertiary/aromatic N) is 4. The number of anilines is 1. The number of nitrogen functional groups attached to an aromatic ring is 1. The molecule has 23 heavy (non-hydrogen) atoms. The van der Waals surface area contributed by atoms with Gasteiger partial charge in [-0.15, -0.1) is 0 Å². The third-order valence-electron chi connectivity index (χ3n) is 4.40. The Morgan fingerprint density at radius 3 is 2.70 bits per heavy atom. The van der Waals surface area contributed by atoms with Crippen molar-refractivity contribution >= 4 is 11.7 Å². The van der Waals surface area contributed by atoms with Gasteiger partial charge in [0, 0.05) is 25.7 Å². The lowest BCUT2D eigenvalue weighted by Gasteiger charge is -2.39. The minimum absolute atomic E-state index is 0.0637. The van der Waals surface area contributed by atoms with Crippen LogP contribution in [0, 0.1) is 6.92 Å². The summed E-state index contributed by atoms with van der Waals surface area (Å²) >= 11 is 0. The second-order valence-electron chi connectivity index (χ2n) is 6.12. The molecule has 122 valence electrons. The fourth-order valence-corrected chi connectivity index (χ4v) is 3.06. The molecule has 1 amide bonds. The molecule has 1 aromatic carbocycles. The Morgan fingerprint density at radius 2 is 2.04 bits per heavy atom. The summed E-state index contributed by atoms with van der Waals surface area (Å²) in [5, 5.41) is 4.27. The Labute approximate surface area is 136 Å². The number of carbonyl (C=O) groups excluding carboxylic acids is 1. The number of hydrogen-bond acceptors (Lipinski definition) is 4. The van der Waals surface area contributed by atoms with Crippen molar-refractivity contribution in [2.45, 2.75) is 19.5 Å². The van der Waals surface area contributed by atoms with E-state index < -0.39 is 0 Å². The fraction of sp³-hybridized carbons (Fsp3) is 0.412. The average molecular weight is 313 g/mol. The van der Waals surface area contributed by atoms with Crippen LogP contribution in [0.15, 0.2) is 36.4 Å². The van der Waals surface area contributed by atoms with Crippen LogP contribution in [-0.4, -0.2) is 52.2 Å². The maximum absolute atomic E-state index is 12.6. The van der Waals surface area contributed by atoms with Crippen LogP contribution in [0.5, 0.6) is 0 Å². The van der Waals surface area contributed by atoms with E-state index in [1.165, 1.54) is 5.56 Å². The highest BCUT2D eigenvalue weighted by atomic mass is 16.2. The first-order valence-corrected chi connectivity index (χ1v) is 7.87. The summed E-state index contributed by atoms with van der Waals surface area (Å²) in [5.41, 5.74) is 7.95. The zero-order chi connectivity index (χ0) is 16.4. The van der Waals surface area contributed by atoms with Gasteiger partial charge in [0.1, 0.15) is 12.4 Å². The SMILES string of the molecule is Cc1cc(N)n(CC(=O)N2CCN(C)C(c3ccccc3)C2)n1. The maximum Gasteiger partial charge on any atom is 0.244 e. The molecule has 2 aromatic rings. The topological polar surface area (TPSA) is 67.4 Å². The molecule has 0 aliphatic carbocycles. The first kappa shape index (κ1) is 15.6. The number of carbonyl (C=O) groups is 1. The molecule has 3 rings (SSSR count). The molecule has 1 aliphatic heterocycles. The molecule has 1 aromatic heterocycles. The molecule has 2 heterocycles. The Bertz CT molecular complexity index is 682. The van der Waals surface area contributed by atoms with Gasteiger partial charge in [0.15, 0.2) is 0 Å². The summed E-state index contributed by atoms with van der Waals surface area (Å²) in [7, 11) is 2.11. The van der Waals surface area contributed by atoms with E-state index in [1.807, 2.05) is 30.0 Å². The minimum atomic E-state index is 0.0637. The molecule has 0 saturated carbocycles. The number of aromatic nitrogens is 2. The molecule has 1 saturated heterocycles. The number of benzene rings is 1. The summed E-state index contributed by atoms with van der Waals surface area (Å²) < 4.78 is 1.58. The molecule has 1 fully saturated rings. The predicted molar refractivity (Wildman–Crippen MR) is 89.8 cm³/mol. The van der Waals surface area contributed by atoms with Crippen LogP contribution >= 0.6 is 0 Å². The second kappa shape index (κ2) is 6.42. The van der Waals surface area contributed by atoms with Crippen molar-refractivity contribution < 1.29 is 4.79 Å². The molecule has 0 bridgehead atoms. The molecule has 6 nitrogen and oxygen atoms in total. The predicted octanol–water partition coefficient (Wildman–Crippen LogP) is 1.29. The highest BCUT2D eigenvalue weighted by Crippen LogP contribution is 2.24. The zero-order valence-electron chi connectivity index (χ0n) is 13.6. The lowest BCUT2D eigenvalue weighted by atomic mass is 10.0. The Hall–Kier alpha value is -2.34. The molecule has 1 aliphatic rings. The second-order valence-corrected chi connectivity index (χ2v) is 6.12. The van der Waals surface area contributed by atoms with Gasteiger partial charge < -0.3 is 10.6 Å². The lowest BCUT2D eigenvalue weighted by Crippen LogP contribution is -2.49. The van der Waals surface area contributed by atoms with E-state index in [4.69, 9.17) is 5.73 Å². The van der Waals surface area contributed by atoms with Gasteiger partial charge in [-0.1, -0.05) is 30.3 Å². The molecule has 1 unspecified atom stereocenters. The number of likely N-dealkylation sites (N-methyl/N-ethyl adjacent to an activating group) is 1. The van der Waals surface area contributed by atoms with Gasteiger partial charge in [-0.2, -0.15) is 5.10 Å². The van der Waals surface area contributed by atoms with E-state index in [-0.39, 0.29) is 18.5 Å². The van der Waals surface area contributed by atoms with Crippen LogP contribution < -0.4 is 5.73 Å². The van der Waals surface area contributed by atoms with Crippen molar-refractivity contribution in [3.8, 4) is 0 Å². The summed E-state index contributed by atoms with van der Waals surface area (Å²) in [5.74, 6) is 0.596. The van der Waals surface area contributed by atoms with Gasteiger partial charge in [-0.05, 0) is 19.5 Å². The van der Waals surface area contributed by atoms with Crippen LogP contribution in [0.1, 0.15) is 17.3 Å². The molecule has 0 radical (unpaired) electrons. The van der Waals surface area contributed by atoms with E-state index in [9.17, 15) is 4.79 Å². The van der Waals surface area contributed by atoms with E-state index in [0.29, 0.717) is 12.4 Å². The van der Waals surface area contributed by atoms with Gasteiger partial charge in [0.05, 0.1) is 11.7 Å². The van der Waals surface area contributed by atoms with Gasteiger partial charge in [-0.3, -0.25) is 9.69 Å². The number of rotatable bonds is 3. The Balaban J connectivity index is 1.71. The monoisotopic (exact) mass is 313 g/mol. The van der Waals surface area contributed by atoms with Crippen molar-refractivity contribution in [1.82, 2.24) is 19.6 Å².